The largest absolute Gasteiger partial charge is 0.447 e. The molecule has 0 fully saturated rings. The first-order chi connectivity index (χ1) is 69.1. The molecule has 0 atom stereocenters. The molecule has 0 saturated heterocycles. The van der Waals surface area contributed by atoms with E-state index in [2.05, 4.69) is 0 Å². The van der Waals surface area contributed by atoms with Gasteiger partial charge in [-0.3, -0.25) is 0 Å². The van der Waals surface area contributed by atoms with Gasteiger partial charge in [-0.05, 0) is 280 Å². The smallest absolute Gasteiger partial charge is 0.181 e. The van der Waals surface area contributed by atoms with Crippen LogP contribution in [0.15, 0.2) is 634 Å². The standard InChI is InChI=1S/6C18H15FO3S2/c6*19-24(20,21)22-23(16-10-4-1-5-11-16,17-12-6-2-7-13-17)18-14-8-3-9-15-18/h6*1-15H. The van der Waals surface area contributed by atoms with E-state index in [9.17, 15) is 73.8 Å². The van der Waals surface area contributed by atoms with Gasteiger partial charge in [-0.15, -0.1) is 0 Å². The van der Waals surface area contributed by atoms with Gasteiger partial charge in [0, 0.05) is 88.1 Å². The van der Waals surface area contributed by atoms with E-state index in [-0.39, 0.29) is 0 Å². The van der Waals surface area contributed by atoms with Gasteiger partial charge in [-0.1, -0.05) is 351 Å². The Morgan fingerprint density at radius 2 is 0.146 bits per heavy atom. The van der Waals surface area contributed by atoms with E-state index >= 15 is 0 Å². The summed E-state index contributed by atoms with van der Waals surface area (Å²) < 4.78 is 251. The molecule has 0 aliphatic rings. The van der Waals surface area contributed by atoms with Gasteiger partial charge in [-0.25, -0.2) is 0 Å². The predicted octanol–water partition coefficient (Wildman–Crippen LogP) is 30.7. The maximum absolute atomic E-state index is 13.7. The highest BCUT2D eigenvalue weighted by Crippen LogP contribution is 2.76. The molecule has 0 aliphatic carbocycles. The van der Waals surface area contributed by atoms with Crippen molar-refractivity contribution in [2.24, 2.45) is 0 Å². The second-order valence-electron chi connectivity index (χ2n) is 29.7. The fraction of sp³-hybridized carbons (Fsp3) is 0. The molecule has 36 heteroatoms. The predicted molar refractivity (Wildman–Crippen MR) is 557 cm³/mol. The van der Waals surface area contributed by atoms with Crippen molar-refractivity contribution >= 4 is 125 Å². The van der Waals surface area contributed by atoms with Crippen LogP contribution in [0.3, 0.4) is 0 Å². The molecule has 0 heterocycles. The van der Waals surface area contributed by atoms with Gasteiger partial charge in [0.1, 0.15) is 0 Å². The first-order valence-corrected chi connectivity index (χ1v) is 60.2. The van der Waals surface area contributed by atoms with Crippen LogP contribution in [0, 0.1) is 0 Å². The highest BCUT2D eigenvalue weighted by molar-refractivity contribution is 8.35. The van der Waals surface area contributed by atoms with E-state index in [1.54, 1.807) is 437 Å². The molecule has 0 aliphatic heterocycles. The van der Waals surface area contributed by atoms with Crippen LogP contribution < -0.4 is 0 Å². The van der Waals surface area contributed by atoms with Crippen molar-refractivity contribution in [3.05, 3.63) is 546 Å². The molecule has 18 rings (SSSR count). The lowest BCUT2D eigenvalue weighted by Crippen LogP contribution is -2.11. The molecule has 18 nitrogen and oxygen atoms in total. The summed E-state index contributed by atoms with van der Waals surface area (Å²) in [5.41, 5.74) is 0. The second-order valence-corrected chi connectivity index (χ2v) is 52.9. The van der Waals surface area contributed by atoms with Crippen LogP contribution in [-0.4, -0.2) is 50.5 Å². The zero-order valence-corrected chi connectivity index (χ0v) is 85.3. The third-order valence-electron chi connectivity index (χ3n) is 20.5. The van der Waals surface area contributed by atoms with E-state index in [1.807, 2.05) is 109 Å². The Balaban J connectivity index is 0.000000145. The van der Waals surface area contributed by atoms with Crippen molar-refractivity contribution in [2.45, 2.75) is 88.1 Å². The van der Waals surface area contributed by atoms with Gasteiger partial charge in [0.25, 0.3) is 0 Å². The normalized spacial score (nSPS) is 12.7. The van der Waals surface area contributed by atoms with Gasteiger partial charge < -0.3 is 0 Å². The molecule has 18 aromatic rings. The minimum absolute atomic E-state index is 0.601. The average molecular weight is 2170 g/mol. The minimum Gasteiger partial charge on any atom is -0.181 e. The summed E-state index contributed by atoms with van der Waals surface area (Å²) in [6, 6.07) is 160. The van der Waals surface area contributed by atoms with Gasteiger partial charge in [0.15, 0.2) is 0 Å². The third kappa shape index (κ3) is 28.0. The first-order valence-electron chi connectivity index (χ1n) is 43.0. The molecule has 0 amide bonds. The fourth-order valence-electron chi connectivity index (χ4n) is 14.9. The molecule has 144 heavy (non-hydrogen) atoms. The van der Waals surface area contributed by atoms with Crippen LogP contribution in [0.5, 0.6) is 0 Å². The Morgan fingerprint density at radius 1 is 0.0972 bits per heavy atom. The summed E-state index contributed by atoms with van der Waals surface area (Å²) in [5, 5.41) is 0. The molecule has 0 saturated carbocycles. The van der Waals surface area contributed by atoms with Crippen LogP contribution in [0.1, 0.15) is 0 Å². The van der Waals surface area contributed by atoms with E-state index in [4.69, 9.17) is 21.8 Å². The third-order valence-corrected chi connectivity index (χ3v) is 46.1. The Bertz CT molecular complexity index is 6030. The van der Waals surface area contributed by atoms with Crippen LogP contribution in [0.2, 0.25) is 0 Å². The molecule has 0 radical (unpaired) electrons. The lowest BCUT2D eigenvalue weighted by molar-refractivity contribution is 0.456. The second kappa shape index (κ2) is 49.6. The van der Waals surface area contributed by atoms with Crippen LogP contribution in [-0.2, 0) is 84.8 Å². The lowest BCUT2D eigenvalue weighted by Gasteiger charge is -2.38. The summed E-state index contributed by atoms with van der Waals surface area (Å²) in [6.45, 7) is 0. The van der Waals surface area contributed by atoms with Crippen LogP contribution in [0.4, 0.5) is 23.3 Å². The van der Waals surface area contributed by atoms with Crippen molar-refractivity contribution in [1.29, 1.82) is 0 Å². The molecule has 0 N–H and O–H groups in total. The quantitative estimate of drug-likeness (QED) is 0.0299. The van der Waals surface area contributed by atoms with Crippen molar-refractivity contribution in [2.75, 3.05) is 0 Å². The Hall–Kier alpha value is -12.9. The number of rotatable bonds is 30. The summed E-state index contributed by atoms with van der Waals surface area (Å²) in [4.78, 5) is 10.8. The molecule has 18 aromatic carbocycles. The molecule has 744 valence electrons. The molecule has 0 aromatic heterocycles. The minimum atomic E-state index is -5.19. The molecular formula is C108H90F6O18S12. The summed E-state index contributed by atoms with van der Waals surface area (Å²) in [6.07, 6.45) is 0. The van der Waals surface area contributed by atoms with E-state index in [0.717, 1.165) is 0 Å². The summed E-state index contributed by atoms with van der Waals surface area (Å²) >= 11 is 0. The Labute approximate surface area is 846 Å². The van der Waals surface area contributed by atoms with Crippen LogP contribution in [0.25, 0.3) is 0 Å². The highest BCUT2D eigenvalue weighted by atomic mass is 32.3. The zero-order valence-electron chi connectivity index (χ0n) is 75.5. The molecule has 0 bridgehead atoms. The Kier molecular flexibility index (Phi) is 37.3. The first kappa shape index (κ1) is 108. The van der Waals surface area contributed by atoms with Gasteiger partial charge >= 0.3 is 63.0 Å². The fourth-order valence-corrected chi connectivity index (χ4v) is 41.0. The Morgan fingerprint density at radius 3 is 0.188 bits per heavy atom. The molecular weight excluding hydrogens is 2080 g/mol. The zero-order chi connectivity index (χ0) is 102. The average Bonchev–Trinajstić information content (AvgIpc) is 0.775. The van der Waals surface area contributed by atoms with E-state index in [0.29, 0.717) is 88.1 Å². The number of hydrogen-bond donors (Lipinski definition) is 0. The lowest BCUT2D eigenvalue weighted by atomic mass is 10.4. The highest BCUT2D eigenvalue weighted by Gasteiger charge is 2.44. The van der Waals surface area contributed by atoms with Gasteiger partial charge in [0.2, 0.25) is 0 Å². The SMILES string of the molecule is O=S(=O)(F)OS(c1ccccc1)(c1ccccc1)c1ccccc1.O=S(=O)(F)OS(c1ccccc1)(c1ccccc1)c1ccccc1.O=S(=O)(F)OS(c1ccccc1)(c1ccccc1)c1ccccc1.O=S(=O)(F)OS(c1ccccc1)(c1ccccc1)c1ccccc1.O=S(=O)(F)OS(c1ccccc1)(c1ccccc1)c1ccccc1.O=S(=O)(F)OS(c1ccccc1)(c1ccccc1)c1ccccc1. The van der Waals surface area contributed by atoms with Crippen molar-refractivity contribution in [3.63, 3.8) is 0 Å². The van der Waals surface area contributed by atoms with Gasteiger partial charge in [0.05, 0.1) is 0 Å². The summed E-state index contributed by atoms with van der Waals surface area (Å²) in [7, 11) is -47.7. The molecule has 0 spiro atoms. The maximum atomic E-state index is 13.7. The monoisotopic (exact) mass is 2170 g/mol. The maximum Gasteiger partial charge on any atom is 0.447 e. The molecule has 0 unspecified atom stereocenters. The number of benzene rings is 18. The van der Waals surface area contributed by atoms with Crippen LogP contribution >= 0.6 is 61.9 Å². The topological polar surface area (TPSA) is 260 Å². The van der Waals surface area contributed by atoms with E-state index < -0.39 is 125 Å². The number of halogens is 6. The number of hydrogen-bond acceptors (Lipinski definition) is 18. The summed E-state index contributed by atoms with van der Waals surface area (Å²) in [5.74, 6) is 0. The van der Waals surface area contributed by atoms with Gasteiger partial charge in [-0.2, -0.15) is 72.3 Å². The van der Waals surface area contributed by atoms with Crippen molar-refractivity contribution in [3.8, 4) is 0 Å². The van der Waals surface area contributed by atoms with Crippen molar-refractivity contribution in [1.82, 2.24) is 0 Å². The van der Waals surface area contributed by atoms with Crippen molar-refractivity contribution < 1.29 is 95.6 Å². The van der Waals surface area contributed by atoms with E-state index in [1.165, 1.54) is 0 Å².